The van der Waals surface area contributed by atoms with Gasteiger partial charge in [-0.25, -0.2) is 22.8 Å². The monoisotopic (exact) mass is 548 g/mol. The summed E-state index contributed by atoms with van der Waals surface area (Å²) >= 11 is 0. The molecule has 3 heterocycles. The number of imidazole rings is 1. The average molecular weight is 549 g/mol. The van der Waals surface area contributed by atoms with Gasteiger partial charge in [-0.1, -0.05) is 23.9 Å². The molecule has 0 saturated heterocycles. The molecular formula is C26H21FN6O5S. The highest BCUT2D eigenvalue weighted by molar-refractivity contribution is 7.91. The fourth-order valence-electron chi connectivity index (χ4n) is 3.88. The van der Waals surface area contributed by atoms with E-state index in [4.69, 9.17) is 9.47 Å². The van der Waals surface area contributed by atoms with Crippen molar-refractivity contribution in [1.29, 1.82) is 0 Å². The topological polar surface area (TPSA) is 141 Å². The maximum atomic E-state index is 13.2. The number of phenolic OH excluding ortho intramolecular Hbond substituents is 1. The molecule has 1 aliphatic heterocycles. The van der Waals surface area contributed by atoms with Gasteiger partial charge in [0.15, 0.2) is 17.3 Å². The average Bonchev–Trinajstić information content (AvgIpc) is 3.28. The Labute approximate surface area is 222 Å². The largest absolute Gasteiger partial charge is 0.506 e. The lowest BCUT2D eigenvalue weighted by molar-refractivity contribution is 0.330. The SMILES string of the molecule is CCOC1=NC(c2nc3nnc(NS(=O)(=O)Cc4ccc(F)cc4)cc3n2-c2c(O)cccc2OC)=C=C=C1. The van der Waals surface area contributed by atoms with Gasteiger partial charge in [0.2, 0.25) is 21.6 Å². The zero-order chi connectivity index (χ0) is 27.6. The van der Waals surface area contributed by atoms with E-state index in [0.717, 1.165) is 0 Å². The summed E-state index contributed by atoms with van der Waals surface area (Å²) in [5, 5.41) is 18.9. The van der Waals surface area contributed by atoms with Crippen LogP contribution >= 0.6 is 0 Å². The number of hydrogen-bond acceptors (Lipinski definition) is 9. The molecule has 0 saturated carbocycles. The zero-order valence-corrected chi connectivity index (χ0v) is 21.5. The number of sulfonamides is 1. The van der Waals surface area contributed by atoms with Crippen LogP contribution in [0.5, 0.6) is 11.5 Å². The normalized spacial score (nSPS) is 12.8. The molecule has 4 aromatic rings. The highest BCUT2D eigenvalue weighted by Crippen LogP contribution is 2.37. The van der Waals surface area contributed by atoms with Crippen LogP contribution in [0.1, 0.15) is 18.3 Å². The molecule has 0 unspecified atom stereocenters. The third-order valence-electron chi connectivity index (χ3n) is 5.48. The Hall–Kier alpha value is -4.96. The number of fused-ring (bicyclic) bond motifs is 1. The number of nitrogens with one attached hydrogen (secondary N) is 1. The van der Waals surface area contributed by atoms with Gasteiger partial charge in [-0.2, -0.15) is 0 Å². The predicted molar refractivity (Wildman–Crippen MR) is 142 cm³/mol. The molecule has 0 atom stereocenters. The fourth-order valence-corrected chi connectivity index (χ4v) is 5.00. The Morgan fingerprint density at radius 1 is 1.15 bits per heavy atom. The van der Waals surface area contributed by atoms with Gasteiger partial charge < -0.3 is 14.6 Å². The van der Waals surface area contributed by atoms with Crippen molar-refractivity contribution in [3.05, 3.63) is 83.3 Å². The highest BCUT2D eigenvalue weighted by Gasteiger charge is 2.24. The predicted octanol–water partition coefficient (Wildman–Crippen LogP) is 3.71. The molecule has 0 amide bonds. The fraction of sp³-hybridized carbons (Fsp3) is 0.154. The summed E-state index contributed by atoms with van der Waals surface area (Å²) in [6.45, 7) is 2.19. The maximum absolute atomic E-state index is 13.2. The van der Waals surface area contributed by atoms with E-state index in [1.54, 1.807) is 12.1 Å². The molecule has 0 spiro atoms. The number of methoxy groups -OCH3 is 1. The molecule has 1 aliphatic rings. The summed E-state index contributed by atoms with van der Waals surface area (Å²) in [6.07, 6.45) is 1.52. The highest BCUT2D eigenvalue weighted by atomic mass is 32.2. The van der Waals surface area contributed by atoms with Crippen LogP contribution in [0, 0.1) is 5.82 Å². The Bertz CT molecular complexity index is 1820. The minimum atomic E-state index is -3.94. The smallest absolute Gasteiger partial charge is 0.238 e. The standard InChI is InChI=1S/C26H21FN6O5S/c1-3-38-23-9-4-6-18(28-23)26-29-25-19(33(26)24-20(34)7-5-8-21(24)37-2)14-22(30-31-25)32-39(35,36)15-16-10-12-17(27)13-11-16/h5,7-14,34H,3,15H2,1-2H3,(H,30,32). The van der Waals surface area contributed by atoms with Crippen molar-refractivity contribution in [3.8, 4) is 17.2 Å². The first-order chi connectivity index (χ1) is 18.8. The minimum Gasteiger partial charge on any atom is -0.506 e. The lowest BCUT2D eigenvalue weighted by atomic mass is 10.2. The zero-order valence-electron chi connectivity index (χ0n) is 20.7. The second-order valence-corrected chi connectivity index (χ2v) is 9.89. The third kappa shape index (κ3) is 5.36. The van der Waals surface area contributed by atoms with Crippen molar-refractivity contribution in [1.82, 2.24) is 19.7 Å². The van der Waals surface area contributed by atoms with Crippen molar-refractivity contribution in [2.75, 3.05) is 18.4 Å². The second-order valence-electron chi connectivity index (χ2n) is 8.17. The second kappa shape index (κ2) is 10.4. The number of rotatable bonds is 8. The molecule has 2 N–H and O–H groups in total. The number of phenols is 1. The molecule has 198 valence electrons. The van der Waals surface area contributed by atoms with Gasteiger partial charge >= 0.3 is 0 Å². The lowest BCUT2D eigenvalue weighted by Crippen LogP contribution is -2.16. The van der Waals surface area contributed by atoms with Crippen LogP contribution in [-0.4, -0.2) is 52.9 Å². The molecule has 11 nitrogen and oxygen atoms in total. The number of aromatic hydroxyl groups is 1. The van der Waals surface area contributed by atoms with E-state index in [1.165, 1.54) is 54.2 Å². The minimum absolute atomic E-state index is 0.0988. The first-order valence-corrected chi connectivity index (χ1v) is 13.2. The first-order valence-electron chi connectivity index (χ1n) is 11.6. The number of aromatic nitrogens is 4. The molecule has 0 radical (unpaired) electrons. The molecule has 2 aromatic carbocycles. The van der Waals surface area contributed by atoms with Crippen LogP contribution in [0.4, 0.5) is 10.2 Å². The first kappa shape index (κ1) is 25.7. The van der Waals surface area contributed by atoms with Crippen LogP contribution in [0.25, 0.3) is 22.5 Å². The quantitative estimate of drug-likeness (QED) is 0.318. The number of ether oxygens (including phenoxy) is 2. The van der Waals surface area contributed by atoms with Crippen molar-refractivity contribution in [2.24, 2.45) is 4.99 Å². The summed E-state index contributed by atoms with van der Waals surface area (Å²) in [5.74, 6) is -0.342. The van der Waals surface area contributed by atoms with E-state index >= 15 is 0 Å². The maximum Gasteiger partial charge on any atom is 0.238 e. The van der Waals surface area contributed by atoms with Crippen LogP contribution in [0.15, 0.2) is 71.1 Å². The van der Waals surface area contributed by atoms with Gasteiger partial charge in [-0.3, -0.25) is 9.29 Å². The lowest BCUT2D eigenvalue weighted by Gasteiger charge is -2.15. The third-order valence-corrected chi connectivity index (χ3v) is 6.72. The van der Waals surface area contributed by atoms with Crippen molar-refractivity contribution in [3.63, 3.8) is 0 Å². The van der Waals surface area contributed by atoms with E-state index in [0.29, 0.717) is 17.9 Å². The Morgan fingerprint density at radius 2 is 1.95 bits per heavy atom. The molecule has 39 heavy (non-hydrogen) atoms. The number of aliphatic imine (C=N–C) groups is 1. The Morgan fingerprint density at radius 3 is 2.69 bits per heavy atom. The van der Waals surface area contributed by atoms with Crippen LogP contribution < -0.4 is 9.46 Å². The molecule has 0 bridgehead atoms. The summed E-state index contributed by atoms with van der Waals surface area (Å²) in [4.78, 5) is 8.96. The molecule has 0 aliphatic carbocycles. The van der Waals surface area contributed by atoms with E-state index in [-0.39, 0.29) is 45.8 Å². The molecular weight excluding hydrogens is 527 g/mol. The summed E-state index contributed by atoms with van der Waals surface area (Å²) < 4.78 is 53.8. The van der Waals surface area contributed by atoms with E-state index in [2.05, 4.69) is 36.4 Å². The van der Waals surface area contributed by atoms with Crippen LogP contribution in [0.2, 0.25) is 0 Å². The number of anilines is 1. The Kier molecular flexibility index (Phi) is 6.86. The number of hydrogen-bond donors (Lipinski definition) is 2. The van der Waals surface area contributed by atoms with Gasteiger partial charge in [-0.05, 0) is 42.5 Å². The van der Waals surface area contributed by atoms with Crippen molar-refractivity contribution < 1.29 is 27.4 Å². The summed E-state index contributed by atoms with van der Waals surface area (Å²) in [6, 6.07) is 11.3. The molecule has 13 heteroatoms. The number of benzene rings is 2. The van der Waals surface area contributed by atoms with Crippen LogP contribution in [-0.2, 0) is 20.5 Å². The number of para-hydroxylation sites is 1. The molecule has 5 rings (SSSR count). The van der Waals surface area contributed by atoms with Crippen LogP contribution in [0.3, 0.4) is 0 Å². The van der Waals surface area contributed by atoms with Gasteiger partial charge in [-0.15, -0.1) is 10.2 Å². The molecule has 2 aromatic heterocycles. The van der Waals surface area contributed by atoms with Crippen molar-refractivity contribution >= 4 is 38.6 Å². The summed E-state index contributed by atoms with van der Waals surface area (Å²) in [5.41, 5.74) is 6.97. The van der Waals surface area contributed by atoms with E-state index < -0.39 is 21.6 Å². The molecule has 0 fully saturated rings. The summed E-state index contributed by atoms with van der Waals surface area (Å²) in [7, 11) is -2.50. The van der Waals surface area contributed by atoms with Gasteiger partial charge in [0.05, 0.1) is 31.1 Å². The Balaban J connectivity index is 1.65. The van der Waals surface area contributed by atoms with Gasteiger partial charge in [0.1, 0.15) is 23.0 Å². The van der Waals surface area contributed by atoms with Gasteiger partial charge in [0.25, 0.3) is 0 Å². The van der Waals surface area contributed by atoms with Crippen molar-refractivity contribution in [2.45, 2.75) is 12.7 Å². The van der Waals surface area contributed by atoms with E-state index in [1.807, 2.05) is 6.92 Å². The van der Waals surface area contributed by atoms with E-state index in [9.17, 15) is 17.9 Å². The number of halogens is 1. The number of nitrogens with zero attached hydrogens (tertiary/aromatic N) is 5. The van der Waals surface area contributed by atoms with Gasteiger partial charge in [0, 0.05) is 6.07 Å².